The molecule has 0 amide bonds. The molecule has 7 aromatic carbocycles. The van der Waals surface area contributed by atoms with Crippen molar-refractivity contribution in [3.8, 4) is 39.5 Å². The van der Waals surface area contributed by atoms with Crippen molar-refractivity contribution in [2.45, 2.75) is 0 Å². The normalized spacial score (nSPS) is 11.9. The highest BCUT2D eigenvalue weighted by Gasteiger charge is 2.20. The van der Waals surface area contributed by atoms with Crippen molar-refractivity contribution in [3.05, 3.63) is 164 Å². The lowest BCUT2D eigenvalue weighted by Gasteiger charge is -2.12. The molecule has 11 rings (SSSR count). The van der Waals surface area contributed by atoms with Crippen LogP contribution in [0.4, 0.5) is 0 Å². The van der Waals surface area contributed by atoms with Gasteiger partial charge in [0.1, 0.15) is 0 Å². The summed E-state index contributed by atoms with van der Waals surface area (Å²) < 4.78 is 7.27. The first-order chi connectivity index (χ1) is 25.3. The summed E-state index contributed by atoms with van der Waals surface area (Å²) in [4.78, 5) is 10.7. The number of benzene rings is 7. The summed E-state index contributed by atoms with van der Waals surface area (Å²) in [5.74, 6) is 0.736. The van der Waals surface area contributed by atoms with Crippen LogP contribution in [0.15, 0.2) is 164 Å². The summed E-state index contributed by atoms with van der Waals surface area (Å²) in [6, 6.07) is 58.8. The number of para-hydroxylation sites is 2. The molecular formula is C46H27N3S2. The van der Waals surface area contributed by atoms with Gasteiger partial charge in [0, 0.05) is 57.8 Å². The number of thiophene rings is 2. The number of aromatic nitrogens is 3. The molecule has 0 saturated heterocycles. The van der Waals surface area contributed by atoms with E-state index in [4.69, 9.17) is 9.97 Å². The molecule has 0 bridgehead atoms. The minimum Gasteiger partial charge on any atom is -0.309 e. The van der Waals surface area contributed by atoms with Crippen molar-refractivity contribution in [1.82, 2.24) is 14.5 Å². The Labute approximate surface area is 301 Å². The Morgan fingerprint density at radius 3 is 1.76 bits per heavy atom. The number of fused-ring (bicyclic) bond motifs is 9. The van der Waals surface area contributed by atoms with E-state index in [1.54, 1.807) is 11.3 Å². The first kappa shape index (κ1) is 28.7. The molecule has 51 heavy (non-hydrogen) atoms. The first-order valence-electron chi connectivity index (χ1n) is 17.1. The zero-order valence-electron chi connectivity index (χ0n) is 27.2. The van der Waals surface area contributed by atoms with E-state index in [2.05, 4.69) is 168 Å². The van der Waals surface area contributed by atoms with Gasteiger partial charge in [0.05, 0.1) is 26.9 Å². The molecule has 11 aromatic rings. The Kier molecular flexibility index (Phi) is 6.29. The molecule has 0 unspecified atom stereocenters. The SMILES string of the molecule is c1cc(-c2cccc(-n3c4ccccc4c4ccccc43)c2)cc(-c2nc(-c3cccc4c3sc3ccccc34)c3sc4ccccc4c3n2)c1. The zero-order valence-corrected chi connectivity index (χ0v) is 28.9. The summed E-state index contributed by atoms with van der Waals surface area (Å²) in [6.45, 7) is 0. The van der Waals surface area contributed by atoms with Crippen molar-refractivity contribution < 1.29 is 0 Å². The highest BCUT2D eigenvalue weighted by molar-refractivity contribution is 7.27. The van der Waals surface area contributed by atoms with E-state index in [9.17, 15) is 0 Å². The molecule has 0 saturated carbocycles. The Morgan fingerprint density at radius 2 is 0.980 bits per heavy atom. The van der Waals surface area contributed by atoms with E-state index in [0.29, 0.717) is 0 Å². The quantitative estimate of drug-likeness (QED) is 0.185. The third-order valence-corrected chi connectivity index (χ3v) is 12.4. The van der Waals surface area contributed by atoms with Crippen molar-refractivity contribution in [2.75, 3.05) is 0 Å². The van der Waals surface area contributed by atoms with Crippen molar-refractivity contribution >= 4 is 85.0 Å². The Morgan fingerprint density at radius 1 is 0.412 bits per heavy atom. The van der Waals surface area contributed by atoms with Crippen LogP contribution in [0.25, 0.3) is 102 Å². The van der Waals surface area contributed by atoms with Crippen LogP contribution in [0, 0.1) is 0 Å². The van der Waals surface area contributed by atoms with Crippen LogP contribution in [0.5, 0.6) is 0 Å². The minimum atomic E-state index is 0.736. The Balaban J connectivity index is 1.10. The van der Waals surface area contributed by atoms with Gasteiger partial charge in [-0.2, -0.15) is 0 Å². The predicted molar refractivity (Wildman–Crippen MR) is 218 cm³/mol. The Hall–Kier alpha value is -6.14. The van der Waals surface area contributed by atoms with E-state index in [1.807, 2.05) is 11.3 Å². The fourth-order valence-electron chi connectivity index (χ4n) is 7.70. The van der Waals surface area contributed by atoms with Crippen LogP contribution in [0.3, 0.4) is 0 Å². The third-order valence-electron chi connectivity index (χ3n) is 10.0. The van der Waals surface area contributed by atoms with Crippen molar-refractivity contribution in [2.24, 2.45) is 0 Å². The first-order valence-corrected chi connectivity index (χ1v) is 18.7. The molecule has 0 aliphatic carbocycles. The van der Waals surface area contributed by atoms with Gasteiger partial charge in [-0.15, -0.1) is 22.7 Å². The number of hydrogen-bond donors (Lipinski definition) is 0. The molecule has 0 N–H and O–H groups in total. The van der Waals surface area contributed by atoms with Crippen LogP contribution in [0.2, 0.25) is 0 Å². The van der Waals surface area contributed by atoms with Crippen LogP contribution >= 0.6 is 22.7 Å². The van der Waals surface area contributed by atoms with Gasteiger partial charge in [0.15, 0.2) is 5.82 Å². The lowest BCUT2D eigenvalue weighted by molar-refractivity contribution is 1.18. The standard InChI is InChI=1S/C46H27N3S2/c1-5-22-38-32(16-1)33-17-2-6-23-39(33)49(38)31-15-10-13-29(27-31)28-12-9-14-30(26-28)46-47-42-36-19-4-8-25-41(36)51-45(42)43(48-46)37-21-11-20-35-34-18-3-7-24-40(34)50-44(35)37/h1-27H. The number of hydrogen-bond acceptors (Lipinski definition) is 4. The van der Waals surface area contributed by atoms with Crippen molar-refractivity contribution in [3.63, 3.8) is 0 Å². The fourth-order valence-corrected chi connectivity index (χ4v) is 10.1. The average Bonchev–Trinajstić information content (AvgIpc) is 3.87. The van der Waals surface area contributed by atoms with Gasteiger partial charge in [-0.25, -0.2) is 9.97 Å². The predicted octanol–water partition coefficient (Wildman–Crippen LogP) is 13.3. The monoisotopic (exact) mass is 685 g/mol. The molecule has 0 fully saturated rings. The van der Waals surface area contributed by atoms with Crippen LogP contribution in [0.1, 0.15) is 0 Å². The second-order valence-corrected chi connectivity index (χ2v) is 15.1. The topological polar surface area (TPSA) is 30.7 Å². The average molecular weight is 686 g/mol. The second kappa shape index (κ2) is 11.2. The van der Waals surface area contributed by atoms with Gasteiger partial charge in [0.25, 0.3) is 0 Å². The molecule has 4 heterocycles. The van der Waals surface area contributed by atoms with Gasteiger partial charge in [0.2, 0.25) is 0 Å². The van der Waals surface area contributed by atoms with E-state index in [1.165, 1.54) is 52.1 Å². The smallest absolute Gasteiger partial charge is 0.160 e. The summed E-state index contributed by atoms with van der Waals surface area (Å²) in [6.07, 6.45) is 0. The number of nitrogens with zero attached hydrogens (tertiary/aromatic N) is 3. The second-order valence-electron chi connectivity index (χ2n) is 13.0. The molecule has 0 aliphatic heterocycles. The zero-order chi connectivity index (χ0) is 33.5. The maximum atomic E-state index is 5.42. The van der Waals surface area contributed by atoms with Gasteiger partial charge >= 0.3 is 0 Å². The molecule has 5 heteroatoms. The van der Waals surface area contributed by atoms with Crippen LogP contribution in [-0.2, 0) is 0 Å². The molecule has 0 spiro atoms. The molecule has 3 nitrogen and oxygen atoms in total. The maximum absolute atomic E-state index is 5.42. The van der Waals surface area contributed by atoms with E-state index in [-0.39, 0.29) is 0 Å². The van der Waals surface area contributed by atoms with Crippen molar-refractivity contribution in [1.29, 1.82) is 0 Å². The molecule has 4 aromatic heterocycles. The van der Waals surface area contributed by atoms with Crippen LogP contribution < -0.4 is 0 Å². The van der Waals surface area contributed by atoms with Gasteiger partial charge in [-0.1, -0.05) is 121 Å². The highest BCUT2D eigenvalue weighted by atomic mass is 32.1. The lowest BCUT2D eigenvalue weighted by Crippen LogP contribution is -1.95. The van der Waals surface area contributed by atoms with Crippen LogP contribution in [-0.4, -0.2) is 14.5 Å². The van der Waals surface area contributed by atoms with E-state index >= 15 is 0 Å². The third kappa shape index (κ3) is 4.42. The van der Waals surface area contributed by atoms with E-state index < -0.39 is 0 Å². The van der Waals surface area contributed by atoms with Gasteiger partial charge in [-0.05, 0) is 53.6 Å². The molecular weight excluding hydrogens is 659 g/mol. The summed E-state index contributed by atoms with van der Waals surface area (Å²) >= 11 is 3.62. The maximum Gasteiger partial charge on any atom is 0.160 e. The summed E-state index contributed by atoms with van der Waals surface area (Å²) in [5, 5.41) is 6.25. The largest absolute Gasteiger partial charge is 0.309 e. The minimum absolute atomic E-state index is 0.736. The van der Waals surface area contributed by atoms with E-state index in [0.717, 1.165) is 49.7 Å². The highest BCUT2D eigenvalue weighted by Crippen LogP contribution is 2.45. The Bertz CT molecular complexity index is 3110. The fraction of sp³-hybridized carbons (Fsp3) is 0. The summed E-state index contributed by atoms with van der Waals surface area (Å²) in [5.41, 5.74) is 9.97. The molecule has 0 aliphatic rings. The lowest BCUT2D eigenvalue weighted by atomic mass is 10.0. The molecule has 0 radical (unpaired) electrons. The summed E-state index contributed by atoms with van der Waals surface area (Å²) in [7, 11) is 0. The molecule has 238 valence electrons. The van der Waals surface area contributed by atoms with Gasteiger partial charge < -0.3 is 4.57 Å². The van der Waals surface area contributed by atoms with Gasteiger partial charge in [-0.3, -0.25) is 0 Å². The molecule has 0 atom stereocenters. The number of rotatable bonds is 4.